The van der Waals surface area contributed by atoms with Gasteiger partial charge in [-0.3, -0.25) is 9.78 Å². The zero-order valence-electron chi connectivity index (χ0n) is 12.8. The zero-order chi connectivity index (χ0) is 16.9. The van der Waals surface area contributed by atoms with Crippen LogP contribution in [0.15, 0.2) is 35.1 Å². The minimum Gasteiger partial charge on any atom is -0.480 e. The van der Waals surface area contributed by atoms with Crippen LogP contribution in [-0.2, 0) is 9.53 Å². The molecule has 3 rings (SSSR count). The van der Waals surface area contributed by atoms with E-state index in [9.17, 15) is 14.7 Å². The number of rotatable bonds is 5. The molecule has 2 aromatic heterocycles. The molecule has 0 radical (unpaired) electrons. The normalized spacial score (nSPS) is 18.8. The second-order valence-corrected chi connectivity index (χ2v) is 5.58. The van der Waals surface area contributed by atoms with Crippen LogP contribution >= 0.6 is 0 Å². The van der Waals surface area contributed by atoms with E-state index in [1.165, 1.54) is 6.07 Å². The lowest BCUT2D eigenvalue weighted by Gasteiger charge is -2.27. The third kappa shape index (κ3) is 3.60. The van der Waals surface area contributed by atoms with Crippen LogP contribution in [0.2, 0.25) is 0 Å². The van der Waals surface area contributed by atoms with Crippen LogP contribution in [0, 0.1) is 5.92 Å². The number of ether oxygens (including phenoxy) is 1. The van der Waals surface area contributed by atoms with Gasteiger partial charge in [-0.15, -0.1) is 0 Å². The van der Waals surface area contributed by atoms with Crippen molar-refractivity contribution < 1.29 is 24.0 Å². The summed E-state index contributed by atoms with van der Waals surface area (Å²) in [7, 11) is 0. The van der Waals surface area contributed by atoms with Gasteiger partial charge in [-0.25, -0.2) is 4.79 Å². The lowest BCUT2D eigenvalue weighted by molar-refractivity contribution is -0.142. The quantitative estimate of drug-likeness (QED) is 0.849. The van der Waals surface area contributed by atoms with Crippen LogP contribution in [0.1, 0.15) is 23.3 Å². The number of carbonyl (C=O) groups excluding carboxylic acids is 1. The van der Waals surface area contributed by atoms with Gasteiger partial charge in [0.15, 0.2) is 11.5 Å². The summed E-state index contributed by atoms with van der Waals surface area (Å²) in [4.78, 5) is 27.7. The van der Waals surface area contributed by atoms with Crippen molar-refractivity contribution in [2.45, 2.75) is 18.9 Å². The number of carboxylic acid groups (broad SMARTS) is 1. The van der Waals surface area contributed by atoms with Crippen molar-refractivity contribution in [3.63, 3.8) is 0 Å². The molecule has 8 heteroatoms. The van der Waals surface area contributed by atoms with Crippen molar-refractivity contribution in [1.29, 1.82) is 0 Å². The molecule has 0 unspecified atom stereocenters. The van der Waals surface area contributed by atoms with E-state index in [0.717, 1.165) is 6.42 Å². The Morgan fingerprint density at radius 1 is 1.42 bits per heavy atom. The molecule has 0 saturated carbocycles. The smallest absolute Gasteiger partial charge is 0.326 e. The Hall–Kier alpha value is -2.74. The molecule has 2 N–H and O–H groups in total. The average Bonchev–Trinajstić information content (AvgIpc) is 3.11. The maximum atomic E-state index is 12.3. The van der Waals surface area contributed by atoms with Crippen LogP contribution in [-0.4, -0.2) is 46.4 Å². The highest BCUT2D eigenvalue weighted by atomic mass is 16.5. The van der Waals surface area contributed by atoms with Crippen LogP contribution in [0.5, 0.6) is 0 Å². The first-order chi connectivity index (χ1) is 11.6. The second-order valence-electron chi connectivity index (χ2n) is 5.58. The Kier molecular flexibility index (Phi) is 4.85. The zero-order valence-corrected chi connectivity index (χ0v) is 12.8. The number of carbonyl (C=O) groups is 2. The number of aliphatic carboxylic acids is 1. The van der Waals surface area contributed by atoms with E-state index in [1.54, 1.807) is 24.5 Å². The first-order valence-electron chi connectivity index (χ1n) is 7.63. The Bertz CT molecular complexity index is 710. The van der Waals surface area contributed by atoms with Gasteiger partial charge in [0.05, 0.1) is 6.61 Å². The molecule has 0 aromatic carbocycles. The van der Waals surface area contributed by atoms with Gasteiger partial charge in [-0.2, -0.15) is 0 Å². The summed E-state index contributed by atoms with van der Waals surface area (Å²) in [6, 6.07) is 3.95. The maximum absolute atomic E-state index is 12.3. The highest BCUT2D eigenvalue weighted by molar-refractivity contribution is 5.95. The van der Waals surface area contributed by atoms with Crippen LogP contribution < -0.4 is 5.32 Å². The maximum Gasteiger partial charge on any atom is 0.326 e. The molecule has 8 nitrogen and oxygen atoms in total. The number of hydrogen-bond acceptors (Lipinski definition) is 6. The van der Waals surface area contributed by atoms with Gasteiger partial charge in [0.2, 0.25) is 0 Å². The van der Waals surface area contributed by atoms with Crippen molar-refractivity contribution in [3.8, 4) is 11.3 Å². The Labute approximate surface area is 137 Å². The van der Waals surface area contributed by atoms with E-state index < -0.39 is 17.9 Å². The summed E-state index contributed by atoms with van der Waals surface area (Å²) in [6.07, 6.45) is 4.68. The molecular formula is C16H17N3O5. The molecule has 0 bridgehead atoms. The predicted octanol–water partition coefficient (Wildman–Crippen LogP) is 1.35. The molecule has 1 saturated heterocycles. The van der Waals surface area contributed by atoms with Crippen molar-refractivity contribution in [3.05, 3.63) is 36.3 Å². The summed E-state index contributed by atoms with van der Waals surface area (Å²) in [5.41, 5.74) is 0.705. The highest BCUT2D eigenvalue weighted by Crippen LogP contribution is 2.20. The standard InChI is InChI=1S/C16H17N3O5/c20-15(18-14(16(21)22)11-4-2-6-23-9-11)12-7-13(24-19-12)10-3-1-5-17-8-10/h1,3,5,7-8,11,14H,2,4,6,9H2,(H,18,20)(H,21,22)/t11-,14-/m0/s1. The lowest BCUT2D eigenvalue weighted by Crippen LogP contribution is -2.48. The number of aromatic nitrogens is 2. The number of pyridine rings is 1. The number of nitrogens with one attached hydrogen (secondary N) is 1. The first kappa shape index (κ1) is 16.1. The number of carboxylic acids is 1. The van der Waals surface area contributed by atoms with Gasteiger partial charge in [-0.05, 0) is 25.0 Å². The Balaban J connectivity index is 1.71. The lowest BCUT2D eigenvalue weighted by atomic mass is 9.93. The van der Waals surface area contributed by atoms with Gasteiger partial charge in [0.25, 0.3) is 5.91 Å². The monoisotopic (exact) mass is 331 g/mol. The number of hydrogen-bond donors (Lipinski definition) is 2. The summed E-state index contributed by atoms with van der Waals surface area (Å²) < 4.78 is 10.4. The molecule has 2 aromatic rings. The van der Waals surface area contributed by atoms with Crippen LogP contribution in [0.4, 0.5) is 0 Å². The van der Waals surface area contributed by atoms with Crippen LogP contribution in [0.3, 0.4) is 0 Å². The van der Waals surface area contributed by atoms with Crippen LogP contribution in [0.25, 0.3) is 11.3 Å². The summed E-state index contributed by atoms with van der Waals surface area (Å²) in [5, 5.41) is 15.6. The molecule has 3 heterocycles. The molecule has 24 heavy (non-hydrogen) atoms. The molecule has 1 fully saturated rings. The van der Waals surface area contributed by atoms with E-state index >= 15 is 0 Å². The fourth-order valence-corrected chi connectivity index (χ4v) is 2.65. The third-order valence-electron chi connectivity index (χ3n) is 3.91. The van der Waals surface area contributed by atoms with Gasteiger partial charge in [0, 0.05) is 36.5 Å². The van der Waals surface area contributed by atoms with E-state index in [2.05, 4.69) is 15.5 Å². The SMILES string of the molecule is O=C(N[C@H](C(=O)O)[C@H]1CCCOC1)c1cc(-c2cccnc2)on1. The third-order valence-corrected chi connectivity index (χ3v) is 3.91. The van der Waals surface area contributed by atoms with E-state index in [0.29, 0.717) is 31.0 Å². The predicted molar refractivity (Wildman–Crippen MR) is 82.2 cm³/mol. The van der Waals surface area contributed by atoms with E-state index in [4.69, 9.17) is 9.26 Å². The average molecular weight is 331 g/mol. The van der Waals surface area contributed by atoms with E-state index in [1.807, 2.05) is 0 Å². The van der Waals surface area contributed by atoms with Gasteiger partial charge >= 0.3 is 5.97 Å². The molecule has 0 spiro atoms. The molecule has 1 amide bonds. The topological polar surface area (TPSA) is 115 Å². The largest absolute Gasteiger partial charge is 0.480 e. The highest BCUT2D eigenvalue weighted by Gasteiger charge is 2.32. The van der Waals surface area contributed by atoms with Crippen molar-refractivity contribution >= 4 is 11.9 Å². The molecule has 0 aliphatic carbocycles. The minimum atomic E-state index is -1.09. The number of amides is 1. The number of nitrogens with zero attached hydrogens (tertiary/aromatic N) is 2. The van der Waals surface area contributed by atoms with E-state index in [-0.39, 0.29) is 11.6 Å². The second kappa shape index (κ2) is 7.22. The fraction of sp³-hybridized carbons (Fsp3) is 0.375. The Morgan fingerprint density at radius 2 is 2.29 bits per heavy atom. The molecular weight excluding hydrogens is 314 g/mol. The minimum absolute atomic E-state index is 0.0248. The molecule has 126 valence electrons. The first-order valence-corrected chi connectivity index (χ1v) is 7.63. The van der Waals surface area contributed by atoms with Crippen molar-refractivity contribution in [2.75, 3.05) is 13.2 Å². The van der Waals surface area contributed by atoms with Gasteiger partial charge in [-0.1, -0.05) is 5.16 Å². The molecule has 2 atom stereocenters. The van der Waals surface area contributed by atoms with Gasteiger partial charge in [0.1, 0.15) is 6.04 Å². The summed E-state index contributed by atoms with van der Waals surface area (Å²) in [5.74, 6) is -1.55. The molecule has 1 aliphatic heterocycles. The molecule has 1 aliphatic rings. The Morgan fingerprint density at radius 3 is 2.96 bits per heavy atom. The summed E-state index contributed by atoms with van der Waals surface area (Å²) >= 11 is 0. The van der Waals surface area contributed by atoms with Crippen molar-refractivity contribution in [2.24, 2.45) is 5.92 Å². The summed E-state index contributed by atoms with van der Waals surface area (Å²) in [6.45, 7) is 0.936. The van der Waals surface area contributed by atoms with Crippen molar-refractivity contribution in [1.82, 2.24) is 15.5 Å². The fourth-order valence-electron chi connectivity index (χ4n) is 2.65. The van der Waals surface area contributed by atoms with Gasteiger partial charge < -0.3 is 19.7 Å².